The van der Waals surface area contributed by atoms with E-state index >= 15 is 0 Å². The third kappa shape index (κ3) is 3.60. The van der Waals surface area contributed by atoms with Gasteiger partial charge in [-0.3, -0.25) is 9.59 Å². The number of carbonyl (C=O) groups excluding carboxylic acids is 2. The maximum Gasteiger partial charge on any atom is 0.270 e. The zero-order valence-corrected chi connectivity index (χ0v) is 12.5. The first kappa shape index (κ1) is 14.8. The molecule has 0 radical (unpaired) electrons. The molecule has 100 valence electrons. The molecule has 0 bridgehead atoms. The molecule has 6 heteroatoms. The van der Waals surface area contributed by atoms with Gasteiger partial charge < -0.3 is 14.8 Å². The van der Waals surface area contributed by atoms with Crippen molar-refractivity contribution < 1.29 is 9.59 Å². The summed E-state index contributed by atoms with van der Waals surface area (Å²) in [6, 6.07) is 1.75. The van der Waals surface area contributed by atoms with Crippen molar-refractivity contribution in [3.63, 3.8) is 0 Å². The number of nitrogens with one attached hydrogen (secondary N) is 1. The summed E-state index contributed by atoms with van der Waals surface area (Å²) in [5.74, 6) is -0.280. The standard InChI is InChI=1S/C12H18BrN3O2/c1-4-14-11(17)8-16(5-2)12(18)10-6-9(13)7-15(10)3/h6-7H,4-5,8H2,1-3H3,(H,14,17). The number of aromatic nitrogens is 1. The molecular weight excluding hydrogens is 298 g/mol. The molecule has 0 aromatic carbocycles. The SMILES string of the molecule is CCNC(=O)CN(CC)C(=O)c1cc(Br)cn1C. The number of rotatable bonds is 5. The molecule has 1 rings (SSSR count). The lowest BCUT2D eigenvalue weighted by Gasteiger charge is -2.20. The summed E-state index contributed by atoms with van der Waals surface area (Å²) in [6.07, 6.45) is 1.81. The third-order valence-electron chi connectivity index (χ3n) is 2.57. The predicted octanol–water partition coefficient (Wildman–Crippen LogP) is 1.39. The van der Waals surface area contributed by atoms with Crippen LogP contribution in [0.3, 0.4) is 0 Å². The van der Waals surface area contributed by atoms with Crippen LogP contribution in [0.1, 0.15) is 24.3 Å². The molecule has 0 aliphatic rings. The first-order valence-corrected chi connectivity index (χ1v) is 6.66. The second-order valence-electron chi connectivity index (χ2n) is 3.93. The molecule has 1 N–H and O–H groups in total. The Morgan fingerprint density at radius 2 is 2.11 bits per heavy atom. The molecule has 0 saturated heterocycles. The highest BCUT2D eigenvalue weighted by molar-refractivity contribution is 9.10. The fourth-order valence-corrected chi connectivity index (χ4v) is 2.18. The summed E-state index contributed by atoms with van der Waals surface area (Å²) in [5, 5.41) is 2.69. The molecule has 1 aromatic heterocycles. The Kier molecular flexibility index (Phi) is 5.40. The second kappa shape index (κ2) is 6.58. The number of aryl methyl sites for hydroxylation is 1. The topological polar surface area (TPSA) is 54.3 Å². The Labute approximate surface area is 115 Å². The lowest BCUT2D eigenvalue weighted by molar-refractivity contribution is -0.121. The quantitative estimate of drug-likeness (QED) is 0.892. The minimum absolute atomic E-state index is 0.0893. The van der Waals surface area contributed by atoms with Gasteiger partial charge in [0, 0.05) is 30.8 Å². The summed E-state index contributed by atoms with van der Waals surface area (Å²) in [7, 11) is 1.80. The van der Waals surface area contributed by atoms with E-state index in [0.29, 0.717) is 18.8 Å². The van der Waals surface area contributed by atoms with E-state index in [1.807, 2.05) is 20.0 Å². The maximum absolute atomic E-state index is 12.3. The fourth-order valence-electron chi connectivity index (χ4n) is 1.65. The highest BCUT2D eigenvalue weighted by Gasteiger charge is 2.19. The van der Waals surface area contributed by atoms with Gasteiger partial charge in [0.1, 0.15) is 5.69 Å². The van der Waals surface area contributed by atoms with Crippen molar-refractivity contribution in [3.05, 3.63) is 22.4 Å². The molecule has 0 aliphatic heterocycles. The van der Waals surface area contributed by atoms with Crippen LogP contribution < -0.4 is 5.32 Å². The molecule has 2 amide bonds. The number of nitrogens with zero attached hydrogens (tertiary/aromatic N) is 2. The summed E-state index contributed by atoms with van der Waals surface area (Å²) < 4.78 is 2.59. The second-order valence-corrected chi connectivity index (χ2v) is 4.84. The average molecular weight is 316 g/mol. The maximum atomic E-state index is 12.3. The number of halogens is 1. The van der Waals surface area contributed by atoms with Gasteiger partial charge in [0.25, 0.3) is 5.91 Å². The monoisotopic (exact) mass is 315 g/mol. The van der Waals surface area contributed by atoms with Crippen LogP contribution in [-0.4, -0.2) is 40.9 Å². The Morgan fingerprint density at radius 3 is 2.56 bits per heavy atom. The molecule has 0 saturated carbocycles. The molecule has 0 unspecified atom stereocenters. The Hall–Kier alpha value is -1.30. The normalized spacial score (nSPS) is 10.2. The number of amides is 2. The van der Waals surface area contributed by atoms with Crippen molar-refractivity contribution in [2.75, 3.05) is 19.6 Å². The van der Waals surface area contributed by atoms with Crippen molar-refractivity contribution in [1.29, 1.82) is 0 Å². The van der Waals surface area contributed by atoms with Crippen LogP contribution in [0.25, 0.3) is 0 Å². The van der Waals surface area contributed by atoms with Gasteiger partial charge in [0.15, 0.2) is 0 Å². The van der Waals surface area contributed by atoms with Gasteiger partial charge in [-0.15, -0.1) is 0 Å². The van der Waals surface area contributed by atoms with E-state index in [-0.39, 0.29) is 18.4 Å². The predicted molar refractivity (Wildman–Crippen MR) is 73.4 cm³/mol. The fraction of sp³-hybridized carbons (Fsp3) is 0.500. The van der Waals surface area contributed by atoms with E-state index < -0.39 is 0 Å². The molecule has 1 aromatic rings. The first-order chi connectivity index (χ1) is 8.49. The lowest BCUT2D eigenvalue weighted by Crippen LogP contribution is -2.41. The summed E-state index contributed by atoms with van der Waals surface area (Å²) in [4.78, 5) is 25.3. The van der Waals surface area contributed by atoms with Crippen LogP contribution in [0.5, 0.6) is 0 Å². The Balaban J connectivity index is 2.79. The molecular formula is C12H18BrN3O2. The minimum Gasteiger partial charge on any atom is -0.355 e. The third-order valence-corrected chi connectivity index (χ3v) is 3.00. The van der Waals surface area contributed by atoms with E-state index in [0.717, 1.165) is 4.47 Å². The number of hydrogen-bond donors (Lipinski definition) is 1. The van der Waals surface area contributed by atoms with Gasteiger partial charge >= 0.3 is 0 Å². The number of hydrogen-bond acceptors (Lipinski definition) is 2. The van der Waals surface area contributed by atoms with Crippen molar-refractivity contribution in [3.8, 4) is 0 Å². The first-order valence-electron chi connectivity index (χ1n) is 5.87. The molecule has 0 aliphatic carbocycles. The van der Waals surface area contributed by atoms with Crippen LogP contribution in [-0.2, 0) is 11.8 Å². The van der Waals surface area contributed by atoms with Crippen LogP contribution in [0.2, 0.25) is 0 Å². The Bertz CT molecular complexity index is 443. The van der Waals surface area contributed by atoms with Crippen LogP contribution in [0.4, 0.5) is 0 Å². The van der Waals surface area contributed by atoms with Crippen molar-refractivity contribution in [1.82, 2.24) is 14.8 Å². The van der Waals surface area contributed by atoms with Gasteiger partial charge in [0.05, 0.1) is 6.54 Å². The zero-order chi connectivity index (χ0) is 13.7. The Morgan fingerprint density at radius 1 is 1.44 bits per heavy atom. The van der Waals surface area contributed by atoms with Crippen molar-refractivity contribution >= 4 is 27.7 Å². The van der Waals surface area contributed by atoms with E-state index in [4.69, 9.17) is 0 Å². The van der Waals surface area contributed by atoms with Gasteiger partial charge in [0.2, 0.25) is 5.91 Å². The van der Waals surface area contributed by atoms with Crippen LogP contribution >= 0.6 is 15.9 Å². The number of carbonyl (C=O) groups is 2. The van der Waals surface area contributed by atoms with Gasteiger partial charge in [-0.1, -0.05) is 0 Å². The van der Waals surface area contributed by atoms with E-state index in [1.54, 1.807) is 17.7 Å². The minimum atomic E-state index is -0.142. The van der Waals surface area contributed by atoms with Crippen LogP contribution in [0, 0.1) is 0 Å². The smallest absolute Gasteiger partial charge is 0.270 e. The van der Waals surface area contributed by atoms with E-state index in [9.17, 15) is 9.59 Å². The van der Waals surface area contributed by atoms with Gasteiger partial charge in [-0.2, -0.15) is 0 Å². The van der Waals surface area contributed by atoms with Gasteiger partial charge in [-0.05, 0) is 35.8 Å². The molecule has 18 heavy (non-hydrogen) atoms. The van der Waals surface area contributed by atoms with Crippen molar-refractivity contribution in [2.45, 2.75) is 13.8 Å². The highest BCUT2D eigenvalue weighted by Crippen LogP contribution is 2.15. The number of likely N-dealkylation sites (N-methyl/N-ethyl adjacent to an activating group) is 2. The summed E-state index contributed by atoms with van der Waals surface area (Å²) >= 11 is 3.33. The van der Waals surface area contributed by atoms with E-state index in [2.05, 4.69) is 21.2 Å². The van der Waals surface area contributed by atoms with Crippen molar-refractivity contribution in [2.24, 2.45) is 7.05 Å². The molecule has 0 spiro atoms. The van der Waals surface area contributed by atoms with Gasteiger partial charge in [-0.25, -0.2) is 0 Å². The molecule has 1 heterocycles. The zero-order valence-electron chi connectivity index (χ0n) is 10.9. The molecule has 5 nitrogen and oxygen atoms in total. The summed E-state index contributed by atoms with van der Waals surface area (Å²) in [6.45, 7) is 4.87. The summed E-state index contributed by atoms with van der Waals surface area (Å²) in [5.41, 5.74) is 0.563. The van der Waals surface area contributed by atoms with E-state index in [1.165, 1.54) is 4.90 Å². The lowest BCUT2D eigenvalue weighted by atomic mass is 10.3. The highest BCUT2D eigenvalue weighted by atomic mass is 79.9. The molecule has 0 atom stereocenters. The average Bonchev–Trinajstić information content (AvgIpc) is 2.65. The largest absolute Gasteiger partial charge is 0.355 e. The molecule has 0 fully saturated rings. The van der Waals surface area contributed by atoms with Crippen LogP contribution in [0.15, 0.2) is 16.7 Å².